The van der Waals surface area contributed by atoms with E-state index < -0.39 is 0 Å². The lowest BCUT2D eigenvalue weighted by molar-refractivity contribution is -0.111. The molecule has 4 rings (SSSR count). The maximum atomic E-state index is 12.4. The van der Waals surface area contributed by atoms with Crippen LogP contribution in [0.2, 0.25) is 10.0 Å². The van der Waals surface area contributed by atoms with Gasteiger partial charge in [0.05, 0.1) is 17.7 Å². The minimum absolute atomic E-state index is 0.330. The zero-order valence-electron chi connectivity index (χ0n) is 15.7. The Labute approximate surface area is 182 Å². The van der Waals surface area contributed by atoms with Crippen molar-refractivity contribution >= 4 is 52.0 Å². The van der Waals surface area contributed by atoms with E-state index in [0.717, 1.165) is 5.56 Å². The van der Waals surface area contributed by atoms with Crippen LogP contribution < -0.4 is 10.1 Å². The molecule has 0 aliphatic carbocycles. The Morgan fingerprint density at radius 2 is 2.07 bits per heavy atom. The summed E-state index contributed by atoms with van der Waals surface area (Å²) in [4.78, 5) is 20.9. The number of nitrogens with zero attached hydrogens (tertiary/aromatic N) is 2. The van der Waals surface area contributed by atoms with Crippen molar-refractivity contribution < 1.29 is 13.9 Å². The fourth-order valence-electron chi connectivity index (χ4n) is 2.89. The molecular formula is C22H15Cl2N3O3. The van der Waals surface area contributed by atoms with E-state index in [4.69, 9.17) is 32.4 Å². The van der Waals surface area contributed by atoms with Gasteiger partial charge in [-0.1, -0.05) is 23.2 Å². The smallest absolute Gasteiger partial charge is 0.248 e. The van der Waals surface area contributed by atoms with Gasteiger partial charge in [0.1, 0.15) is 11.3 Å². The molecular weight excluding hydrogens is 425 g/mol. The molecule has 2 aromatic heterocycles. The van der Waals surface area contributed by atoms with Gasteiger partial charge in [0.25, 0.3) is 0 Å². The predicted octanol–water partition coefficient (Wildman–Crippen LogP) is 5.86. The third kappa shape index (κ3) is 4.30. The normalized spacial score (nSPS) is 11.2. The number of benzene rings is 2. The van der Waals surface area contributed by atoms with Crippen LogP contribution in [-0.4, -0.2) is 23.0 Å². The SMILES string of the molecule is COc1c(Cl)cc(Cl)cc1C=CC(=O)Nc1ccc2oc(-c3cccnc3)nc2c1. The molecule has 0 aliphatic rings. The third-order valence-corrected chi connectivity index (χ3v) is 4.72. The van der Waals surface area contributed by atoms with Crippen molar-refractivity contribution in [1.82, 2.24) is 9.97 Å². The number of methoxy groups -OCH3 is 1. The van der Waals surface area contributed by atoms with Crippen molar-refractivity contribution in [2.45, 2.75) is 0 Å². The van der Waals surface area contributed by atoms with E-state index in [9.17, 15) is 4.79 Å². The Morgan fingerprint density at radius 3 is 2.83 bits per heavy atom. The van der Waals surface area contributed by atoms with Gasteiger partial charge in [0.2, 0.25) is 11.8 Å². The van der Waals surface area contributed by atoms with E-state index >= 15 is 0 Å². The number of hydrogen-bond donors (Lipinski definition) is 1. The first-order chi connectivity index (χ1) is 14.5. The molecule has 6 nitrogen and oxygen atoms in total. The Kier molecular flexibility index (Phi) is 5.70. The number of halogens is 2. The highest BCUT2D eigenvalue weighted by Gasteiger charge is 2.10. The first-order valence-corrected chi connectivity index (χ1v) is 9.62. The lowest BCUT2D eigenvalue weighted by Crippen LogP contribution is -2.07. The van der Waals surface area contributed by atoms with Gasteiger partial charge in [-0.15, -0.1) is 0 Å². The van der Waals surface area contributed by atoms with E-state index in [-0.39, 0.29) is 5.91 Å². The molecule has 0 radical (unpaired) electrons. The summed E-state index contributed by atoms with van der Waals surface area (Å²) in [6, 6.07) is 12.1. The molecule has 150 valence electrons. The number of pyridine rings is 1. The summed E-state index contributed by atoms with van der Waals surface area (Å²) in [6.45, 7) is 0. The van der Waals surface area contributed by atoms with Crippen molar-refractivity contribution in [3.8, 4) is 17.2 Å². The van der Waals surface area contributed by atoms with Gasteiger partial charge < -0.3 is 14.5 Å². The monoisotopic (exact) mass is 439 g/mol. The van der Waals surface area contributed by atoms with Crippen LogP contribution in [0.25, 0.3) is 28.6 Å². The molecule has 0 atom stereocenters. The number of rotatable bonds is 5. The zero-order valence-corrected chi connectivity index (χ0v) is 17.2. The van der Waals surface area contributed by atoms with Crippen LogP contribution in [0.15, 0.2) is 65.4 Å². The highest BCUT2D eigenvalue weighted by atomic mass is 35.5. The Morgan fingerprint density at radius 1 is 1.20 bits per heavy atom. The lowest BCUT2D eigenvalue weighted by Gasteiger charge is -2.08. The van der Waals surface area contributed by atoms with Crippen molar-refractivity contribution in [1.29, 1.82) is 0 Å². The number of carbonyl (C=O) groups is 1. The highest BCUT2D eigenvalue weighted by molar-refractivity contribution is 6.36. The number of fused-ring (bicyclic) bond motifs is 1. The van der Waals surface area contributed by atoms with Gasteiger partial charge >= 0.3 is 0 Å². The van der Waals surface area contributed by atoms with Gasteiger partial charge in [-0.3, -0.25) is 9.78 Å². The number of anilines is 1. The molecule has 0 saturated heterocycles. The van der Waals surface area contributed by atoms with Crippen LogP contribution in [-0.2, 0) is 4.79 Å². The molecule has 0 saturated carbocycles. The molecule has 2 heterocycles. The van der Waals surface area contributed by atoms with Crippen molar-refractivity contribution in [2.24, 2.45) is 0 Å². The number of hydrogen-bond acceptors (Lipinski definition) is 5. The summed E-state index contributed by atoms with van der Waals surface area (Å²) in [7, 11) is 1.50. The second-order valence-corrected chi connectivity index (χ2v) is 7.12. The zero-order chi connectivity index (χ0) is 21.1. The number of carbonyl (C=O) groups excluding carboxylic acids is 1. The van der Waals surface area contributed by atoms with E-state index in [0.29, 0.717) is 44.0 Å². The van der Waals surface area contributed by atoms with Gasteiger partial charge in [0, 0.05) is 34.7 Å². The molecule has 4 aromatic rings. The summed E-state index contributed by atoms with van der Waals surface area (Å²) in [5.41, 5.74) is 3.19. The molecule has 2 aromatic carbocycles. The molecule has 0 fully saturated rings. The molecule has 0 unspecified atom stereocenters. The van der Waals surface area contributed by atoms with E-state index in [1.54, 1.807) is 48.8 Å². The van der Waals surface area contributed by atoms with Crippen molar-refractivity contribution in [3.05, 3.63) is 76.5 Å². The number of ether oxygens (including phenoxy) is 1. The molecule has 0 aliphatic heterocycles. The number of aromatic nitrogens is 2. The van der Waals surface area contributed by atoms with Crippen LogP contribution in [0.4, 0.5) is 5.69 Å². The first kappa shape index (κ1) is 19.9. The maximum absolute atomic E-state index is 12.4. The molecule has 1 amide bonds. The molecule has 1 N–H and O–H groups in total. The highest BCUT2D eigenvalue weighted by Crippen LogP contribution is 2.33. The molecule has 8 heteroatoms. The summed E-state index contributed by atoms with van der Waals surface area (Å²) in [5, 5.41) is 3.61. The largest absolute Gasteiger partial charge is 0.495 e. The van der Waals surface area contributed by atoms with Crippen LogP contribution in [0, 0.1) is 0 Å². The standard InChI is InChI=1S/C22H15Cl2N3O3/c1-29-21-13(9-15(23)10-17(21)24)4-7-20(28)26-16-5-6-19-18(11-16)27-22(30-19)14-3-2-8-25-12-14/h2-12H,1H3,(H,26,28). The lowest BCUT2D eigenvalue weighted by atomic mass is 10.2. The first-order valence-electron chi connectivity index (χ1n) is 8.86. The second kappa shape index (κ2) is 8.57. The topological polar surface area (TPSA) is 77.2 Å². The quantitative estimate of drug-likeness (QED) is 0.394. The van der Waals surface area contributed by atoms with E-state index in [1.807, 2.05) is 12.1 Å². The predicted molar refractivity (Wildman–Crippen MR) is 118 cm³/mol. The summed E-state index contributed by atoms with van der Waals surface area (Å²) in [5.74, 6) is 0.576. The van der Waals surface area contributed by atoms with Gasteiger partial charge in [-0.2, -0.15) is 0 Å². The fraction of sp³-hybridized carbons (Fsp3) is 0.0455. The minimum atomic E-state index is -0.330. The minimum Gasteiger partial charge on any atom is -0.495 e. The van der Waals surface area contributed by atoms with E-state index in [2.05, 4.69) is 15.3 Å². The summed E-state index contributed by atoms with van der Waals surface area (Å²) >= 11 is 12.1. The third-order valence-electron chi connectivity index (χ3n) is 4.22. The number of oxazole rings is 1. The number of amides is 1. The number of nitrogens with one attached hydrogen (secondary N) is 1. The Balaban J connectivity index is 1.53. The maximum Gasteiger partial charge on any atom is 0.248 e. The molecule has 30 heavy (non-hydrogen) atoms. The fourth-order valence-corrected chi connectivity index (χ4v) is 3.47. The van der Waals surface area contributed by atoms with E-state index in [1.165, 1.54) is 13.2 Å². The second-order valence-electron chi connectivity index (χ2n) is 6.28. The van der Waals surface area contributed by atoms with Crippen LogP contribution in [0.3, 0.4) is 0 Å². The summed E-state index contributed by atoms with van der Waals surface area (Å²) in [6.07, 6.45) is 6.31. The van der Waals surface area contributed by atoms with Crippen LogP contribution in [0.1, 0.15) is 5.56 Å². The average Bonchev–Trinajstić information content (AvgIpc) is 3.16. The van der Waals surface area contributed by atoms with Crippen molar-refractivity contribution in [2.75, 3.05) is 12.4 Å². The Hall–Kier alpha value is -3.35. The van der Waals surface area contributed by atoms with Crippen LogP contribution >= 0.6 is 23.2 Å². The molecule has 0 spiro atoms. The van der Waals surface area contributed by atoms with Gasteiger partial charge in [-0.25, -0.2) is 4.98 Å². The average molecular weight is 440 g/mol. The molecule has 0 bridgehead atoms. The van der Waals surface area contributed by atoms with Crippen molar-refractivity contribution in [3.63, 3.8) is 0 Å². The summed E-state index contributed by atoms with van der Waals surface area (Å²) < 4.78 is 11.0. The van der Waals surface area contributed by atoms with Crippen LogP contribution in [0.5, 0.6) is 5.75 Å². The Bertz CT molecular complexity index is 1250. The van der Waals surface area contributed by atoms with Gasteiger partial charge in [-0.05, 0) is 48.5 Å². The van der Waals surface area contributed by atoms with Gasteiger partial charge in [0.15, 0.2) is 5.58 Å².